The van der Waals surface area contributed by atoms with E-state index < -0.39 is 0 Å². The number of hydrogen-bond acceptors (Lipinski definition) is 5. The lowest BCUT2D eigenvalue weighted by Gasteiger charge is -2.20. The molecule has 0 aliphatic carbocycles. The van der Waals surface area contributed by atoms with Crippen LogP contribution in [0.1, 0.15) is 25.5 Å². The van der Waals surface area contributed by atoms with Crippen LogP contribution in [0.3, 0.4) is 0 Å². The van der Waals surface area contributed by atoms with Crippen molar-refractivity contribution in [3.63, 3.8) is 0 Å². The second-order valence-corrected chi connectivity index (χ2v) is 7.00. The maximum Gasteiger partial charge on any atom is 0.233 e. The summed E-state index contributed by atoms with van der Waals surface area (Å²) in [6, 6.07) is 17.2. The van der Waals surface area contributed by atoms with Crippen molar-refractivity contribution in [2.75, 3.05) is 18.1 Å². The maximum atomic E-state index is 12.9. The number of para-hydroxylation sites is 3. The number of ether oxygens (including phenoxy) is 2. The second-order valence-electron chi connectivity index (χ2n) is 6.17. The Morgan fingerprint density at radius 3 is 2.36 bits per heavy atom. The summed E-state index contributed by atoms with van der Waals surface area (Å²) in [6.45, 7) is 4.89. The topological polar surface area (TPSA) is 51.7 Å². The number of thiazole rings is 1. The first-order valence-corrected chi connectivity index (χ1v) is 10.2. The lowest BCUT2D eigenvalue weighted by atomic mass is 10.2. The quantitative estimate of drug-likeness (QED) is 0.456. The van der Waals surface area contributed by atoms with Crippen LogP contribution in [-0.4, -0.2) is 24.1 Å². The monoisotopic (exact) mass is 396 g/mol. The van der Waals surface area contributed by atoms with E-state index in [9.17, 15) is 4.79 Å². The van der Waals surface area contributed by atoms with Gasteiger partial charge in [-0.25, -0.2) is 4.98 Å². The highest BCUT2D eigenvalue weighted by atomic mass is 32.1. The van der Waals surface area contributed by atoms with Crippen LogP contribution in [0, 0.1) is 6.92 Å². The summed E-state index contributed by atoms with van der Waals surface area (Å²) in [7, 11) is 0. The Hall–Kier alpha value is -2.86. The number of carbonyl (C=O) groups excluding carboxylic acids is 1. The molecule has 5 nitrogen and oxygen atoms in total. The number of carbonyl (C=O) groups is 1. The molecule has 0 atom stereocenters. The highest BCUT2D eigenvalue weighted by Gasteiger charge is 2.20. The van der Waals surface area contributed by atoms with Crippen LogP contribution in [0.4, 0.5) is 10.8 Å². The zero-order chi connectivity index (χ0) is 19.8. The summed E-state index contributed by atoms with van der Waals surface area (Å²) in [6.07, 6.45) is 0.970. The molecule has 0 radical (unpaired) electrons. The average Bonchev–Trinajstić information content (AvgIpc) is 3.13. The van der Waals surface area contributed by atoms with Gasteiger partial charge >= 0.3 is 0 Å². The van der Waals surface area contributed by atoms with Gasteiger partial charge in [-0.05, 0) is 44.5 Å². The zero-order valence-electron chi connectivity index (χ0n) is 16.1. The summed E-state index contributed by atoms with van der Waals surface area (Å²) in [4.78, 5) is 19.1. The Morgan fingerprint density at radius 1 is 1.04 bits per heavy atom. The van der Waals surface area contributed by atoms with Crippen molar-refractivity contribution in [3.05, 3.63) is 65.7 Å². The maximum absolute atomic E-state index is 12.9. The second kappa shape index (κ2) is 9.90. The minimum absolute atomic E-state index is 0.00208. The molecule has 0 saturated heterocycles. The van der Waals surface area contributed by atoms with Gasteiger partial charge in [0.2, 0.25) is 5.91 Å². The molecule has 0 bridgehead atoms. The molecule has 0 aliphatic rings. The Kier molecular flexibility index (Phi) is 7.03. The van der Waals surface area contributed by atoms with Gasteiger partial charge in [0.1, 0.15) is 0 Å². The Morgan fingerprint density at radius 2 is 1.71 bits per heavy atom. The summed E-state index contributed by atoms with van der Waals surface area (Å²) in [5, 5.41) is 2.64. The predicted molar refractivity (Wildman–Crippen MR) is 113 cm³/mol. The number of benzene rings is 2. The molecular weight excluding hydrogens is 372 g/mol. The van der Waals surface area contributed by atoms with Crippen molar-refractivity contribution in [3.8, 4) is 11.5 Å². The minimum Gasteiger partial charge on any atom is -0.490 e. The fourth-order valence-electron chi connectivity index (χ4n) is 2.74. The number of hydrogen-bond donors (Lipinski definition) is 0. The van der Waals surface area contributed by atoms with E-state index in [-0.39, 0.29) is 5.91 Å². The van der Waals surface area contributed by atoms with Gasteiger partial charge in [-0.3, -0.25) is 9.69 Å². The van der Waals surface area contributed by atoms with Crippen LogP contribution in [0.15, 0.2) is 60.0 Å². The third-order valence-corrected chi connectivity index (χ3v) is 4.95. The number of nitrogens with zero attached hydrogens (tertiary/aromatic N) is 2. The van der Waals surface area contributed by atoms with Crippen LogP contribution < -0.4 is 14.4 Å². The average molecular weight is 397 g/mol. The van der Waals surface area contributed by atoms with Gasteiger partial charge in [0, 0.05) is 11.8 Å². The van der Waals surface area contributed by atoms with Gasteiger partial charge in [0.25, 0.3) is 0 Å². The first-order chi connectivity index (χ1) is 13.7. The first-order valence-electron chi connectivity index (χ1n) is 9.33. The first kappa shape index (κ1) is 19.9. The molecule has 0 fully saturated rings. The van der Waals surface area contributed by atoms with E-state index in [1.807, 2.05) is 73.8 Å². The third-order valence-electron chi connectivity index (χ3n) is 4.00. The number of anilines is 2. The van der Waals surface area contributed by atoms with Gasteiger partial charge in [0.05, 0.1) is 24.6 Å². The van der Waals surface area contributed by atoms with Crippen molar-refractivity contribution >= 4 is 28.1 Å². The van der Waals surface area contributed by atoms with Gasteiger partial charge in [-0.1, -0.05) is 30.3 Å². The standard InChI is InChI=1S/C22H24N2O3S/c1-3-26-19-12-7-8-13-20(19)27-15-9-14-21(25)24(18-10-5-4-6-11-18)22-23-17(2)16-28-22/h4-8,10-13,16H,3,9,14-15H2,1-2H3. The number of rotatable bonds is 9. The summed E-state index contributed by atoms with van der Waals surface area (Å²) in [5.41, 5.74) is 1.73. The zero-order valence-corrected chi connectivity index (χ0v) is 16.9. The highest BCUT2D eigenvalue weighted by Crippen LogP contribution is 2.30. The number of aryl methyl sites for hydroxylation is 1. The molecule has 6 heteroatoms. The van der Waals surface area contributed by atoms with Gasteiger partial charge < -0.3 is 9.47 Å². The molecule has 0 aliphatic heterocycles. The van der Waals surface area contributed by atoms with Crippen molar-refractivity contribution in [1.82, 2.24) is 4.98 Å². The Bertz CT molecular complexity index is 896. The molecule has 0 saturated carbocycles. The van der Waals surface area contributed by atoms with Crippen LogP contribution in [0.5, 0.6) is 11.5 Å². The highest BCUT2D eigenvalue weighted by molar-refractivity contribution is 7.14. The minimum atomic E-state index is 0.00208. The predicted octanol–water partition coefficient (Wildman–Crippen LogP) is 5.37. The largest absolute Gasteiger partial charge is 0.490 e. The van der Waals surface area contributed by atoms with Crippen molar-refractivity contribution in [2.24, 2.45) is 0 Å². The van der Waals surface area contributed by atoms with Crippen LogP contribution in [-0.2, 0) is 4.79 Å². The van der Waals surface area contributed by atoms with Gasteiger partial charge in [0.15, 0.2) is 16.6 Å². The van der Waals surface area contributed by atoms with E-state index in [1.54, 1.807) is 4.90 Å². The summed E-state index contributed by atoms with van der Waals surface area (Å²) >= 11 is 1.47. The van der Waals surface area contributed by atoms with E-state index in [2.05, 4.69) is 4.98 Å². The van der Waals surface area contributed by atoms with E-state index in [0.717, 1.165) is 17.1 Å². The molecule has 0 unspecified atom stereocenters. The molecule has 3 aromatic rings. The lowest BCUT2D eigenvalue weighted by molar-refractivity contribution is -0.118. The third kappa shape index (κ3) is 5.10. The van der Waals surface area contributed by atoms with Crippen molar-refractivity contribution in [2.45, 2.75) is 26.7 Å². The van der Waals surface area contributed by atoms with Gasteiger partial charge in [-0.2, -0.15) is 0 Å². The SMILES string of the molecule is CCOc1ccccc1OCCCC(=O)N(c1ccccc1)c1nc(C)cs1. The summed E-state index contributed by atoms with van der Waals surface area (Å²) < 4.78 is 11.4. The van der Waals surface area contributed by atoms with Crippen LogP contribution >= 0.6 is 11.3 Å². The fraction of sp³-hybridized carbons (Fsp3) is 0.273. The van der Waals surface area contributed by atoms with Crippen molar-refractivity contribution in [1.29, 1.82) is 0 Å². The molecule has 1 amide bonds. The van der Waals surface area contributed by atoms with E-state index in [4.69, 9.17) is 9.47 Å². The van der Waals surface area contributed by atoms with E-state index in [0.29, 0.717) is 36.9 Å². The molecule has 1 aromatic heterocycles. The lowest BCUT2D eigenvalue weighted by Crippen LogP contribution is -2.26. The van der Waals surface area contributed by atoms with E-state index >= 15 is 0 Å². The molecule has 2 aromatic carbocycles. The smallest absolute Gasteiger partial charge is 0.233 e. The van der Waals surface area contributed by atoms with E-state index in [1.165, 1.54) is 11.3 Å². The molecular formula is C22H24N2O3S. The number of amides is 1. The fourth-order valence-corrected chi connectivity index (χ4v) is 3.58. The normalized spacial score (nSPS) is 10.5. The van der Waals surface area contributed by atoms with Gasteiger partial charge in [-0.15, -0.1) is 11.3 Å². The Balaban J connectivity index is 1.62. The van der Waals surface area contributed by atoms with Crippen LogP contribution in [0.25, 0.3) is 0 Å². The number of aromatic nitrogens is 1. The molecule has 146 valence electrons. The molecule has 28 heavy (non-hydrogen) atoms. The Labute approximate surface area is 169 Å². The van der Waals surface area contributed by atoms with Crippen LogP contribution in [0.2, 0.25) is 0 Å². The molecule has 0 N–H and O–H groups in total. The molecule has 1 heterocycles. The molecule has 0 spiro atoms. The van der Waals surface area contributed by atoms with Crippen molar-refractivity contribution < 1.29 is 14.3 Å². The summed E-state index contributed by atoms with van der Waals surface area (Å²) in [5.74, 6) is 1.43. The molecule has 3 rings (SSSR count).